The van der Waals surface area contributed by atoms with Gasteiger partial charge in [0, 0.05) is 49.3 Å². The van der Waals surface area contributed by atoms with Gasteiger partial charge in [-0.3, -0.25) is 0 Å². The normalized spacial score (nSPS) is 14.4. The Morgan fingerprint density at radius 1 is 1.00 bits per heavy atom. The first-order chi connectivity index (χ1) is 12.6. The van der Waals surface area contributed by atoms with E-state index in [1.54, 1.807) is 0 Å². The molecule has 1 aliphatic rings. The average Bonchev–Trinajstić information content (AvgIpc) is 2.65. The van der Waals surface area contributed by atoms with Gasteiger partial charge >= 0.3 is 0 Å². The van der Waals surface area contributed by atoms with Crippen molar-refractivity contribution in [2.45, 2.75) is 47.0 Å². The summed E-state index contributed by atoms with van der Waals surface area (Å²) in [5.74, 6) is 1.72. The average molecular weight is 354 g/mol. The summed E-state index contributed by atoms with van der Waals surface area (Å²) in [6.45, 7) is 12.7. The first-order valence-electron chi connectivity index (χ1n) is 9.84. The molecule has 5 nitrogen and oxygen atoms in total. The Morgan fingerprint density at radius 3 is 2.38 bits per heavy atom. The molecule has 0 atom stereocenters. The number of nitrogens with zero attached hydrogens (tertiary/aromatic N) is 4. The molecule has 0 radical (unpaired) electrons. The molecular weight excluding hydrogens is 322 g/mol. The van der Waals surface area contributed by atoms with Gasteiger partial charge in [0.05, 0.1) is 0 Å². The van der Waals surface area contributed by atoms with Crippen molar-refractivity contribution < 1.29 is 0 Å². The second-order valence-electron chi connectivity index (χ2n) is 7.04. The predicted octanol–water partition coefficient (Wildman–Crippen LogP) is 4.67. The lowest BCUT2D eigenvalue weighted by Crippen LogP contribution is -2.31. The molecule has 0 saturated carbocycles. The number of aryl methyl sites for hydroxylation is 2. The van der Waals surface area contributed by atoms with Gasteiger partial charge in [-0.15, -0.1) is 0 Å². The van der Waals surface area contributed by atoms with Crippen LogP contribution in [0.25, 0.3) is 0 Å². The minimum Gasteiger partial charge on any atom is -0.372 e. The molecule has 2 heterocycles. The van der Waals surface area contributed by atoms with Crippen LogP contribution in [0, 0.1) is 13.8 Å². The van der Waals surface area contributed by atoms with E-state index in [0.29, 0.717) is 0 Å². The summed E-state index contributed by atoms with van der Waals surface area (Å²) in [4.78, 5) is 14.1. The SMILES string of the molecule is CCN(CC)c1ccc(Nc2cc(C)nc(N3CCCCC3)n2)c(C)c1. The third-order valence-electron chi connectivity index (χ3n) is 5.08. The van der Waals surface area contributed by atoms with E-state index in [4.69, 9.17) is 4.98 Å². The minimum atomic E-state index is 0.851. The first-order valence-corrected chi connectivity index (χ1v) is 9.84. The van der Waals surface area contributed by atoms with E-state index >= 15 is 0 Å². The molecule has 1 N–H and O–H groups in total. The lowest BCUT2D eigenvalue weighted by atomic mass is 10.1. The topological polar surface area (TPSA) is 44.3 Å². The van der Waals surface area contributed by atoms with Crippen LogP contribution in [0.2, 0.25) is 0 Å². The molecule has 0 amide bonds. The fourth-order valence-electron chi connectivity index (χ4n) is 3.56. The highest BCUT2D eigenvalue weighted by atomic mass is 15.3. The summed E-state index contributed by atoms with van der Waals surface area (Å²) >= 11 is 0. The molecule has 2 aromatic rings. The fraction of sp³-hybridized carbons (Fsp3) is 0.524. The number of piperidine rings is 1. The van der Waals surface area contributed by atoms with Crippen molar-refractivity contribution in [3.05, 3.63) is 35.5 Å². The molecule has 1 aromatic carbocycles. The molecule has 1 aromatic heterocycles. The van der Waals surface area contributed by atoms with Crippen molar-refractivity contribution in [2.75, 3.05) is 41.3 Å². The Morgan fingerprint density at radius 2 is 1.73 bits per heavy atom. The van der Waals surface area contributed by atoms with Gasteiger partial charge < -0.3 is 15.1 Å². The van der Waals surface area contributed by atoms with Crippen LogP contribution in [0.15, 0.2) is 24.3 Å². The van der Waals surface area contributed by atoms with Crippen LogP contribution in [0.3, 0.4) is 0 Å². The van der Waals surface area contributed by atoms with Gasteiger partial charge in [-0.1, -0.05) is 0 Å². The molecule has 0 bridgehead atoms. The van der Waals surface area contributed by atoms with E-state index in [1.165, 1.54) is 30.5 Å². The maximum atomic E-state index is 4.78. The Balaban J connectivity index is 1.81. The monoisotopic (exact) mass is 353 g/mol. The molecule has 0 spiro atoms. The van der Waals surface area contributed by atoms with Crippen molar-refractivity contribution in [3.8, 4) is 0 Å². The van der Waals surface area contributed by atoms with Crippen LogP contribution in [0.4, 0.5) is 23.1 Å². The van der Waals surface area contributed by atoms with Gasteiger partial charge in [0.25, 0.3) is 0 Å². The van der Waals surface area contributed by atoms with E-state index < -0.39 is 0 Å². The number of rotatable bonds is 6. The largest absolute Gasteiger partial charge is 0.372 e. The molecule has 0 aliphatic carbocycles. The van der Waals surface area contributed by atoms with Gasteiger partial charge in [-0.25, -0.2) is 4.98 Å². The van der Waals surface area contributed by atoms with Crippen LogP contribution >= 0.6 is 0 Å². The van der Waals surface area contributed by atoms with Crippen LogP contribution in [-0.4, -0.2) is 36.1 Å². The van der Waals surface area contributed by atoms with Gasteiger partial charge in [0.15, 0.2) is 0 Å². The zero-order chi connectivity index (χ0) is 18.5. The molecule has 0 unspecified atom stereocenters. The number of hydrogen-bond donors (Lipinski definition) is 1. The molecule has 5 heteroatoms. The van der Waals surface area contributed by atoms with Gasteiger partial charge in [0.1, 0.15) is 5.82 Å². The Hall–Kier alpha value is -2.30. The third kappa shape index (κ3) is 4.26. The summed E-state index contributed by atoms with van der Waals surface area (Å²) in [5.41, 5.74) is 4.60. The van der Waals surface area contributed by atoms with E-state index in [9.17, 15) is 0 Å². The smallest absolute Gasteiger partial charge is 0.227 e. The number of benzene rings is 1. The van der Waals surface area contributed by atoms with E-state index in [1.807, 2.05) is 13.0 Å². The molecular formula is C21H31N5. The van der Waals surface area contributed by atoms with E-state index in [2.05, 4.69) is 59.1 Å². The molecule has 1 aliphatic heterocycles. The van der Waals surface area contributed by atoms with Gasteiger partial charge in [-0.05, 0) is 70.7 Å². The highest BCUT2D eigenvalue weighted by Gasteiger charge is 2.15. The maximum absolute atomic E-state index is 4.78. The molecule has 26 heavy (non-hydrogen) atoms. The van der Waals surface area contributed by atoms with E-state index in [-0.39, 0.29) is 0 Å². The van der Waals surface area contributed by atoms with Crippen molar-refractivity contribution >= 4 is 23.1 Å². The van der Waals surface area contributed by atoms with Crippen LogP contribution in [0.1, 0.15) is 44.4 Å². The predicted molar refractivity (Wildman–Crippen MR) is 111 cm³/mol. The quantitative estimate of drug-likeness (QED) is 0.817. The third-order valence-corrected chi connectivity index (χ3v) is 5.08. The van der Waals surface area contributed by atoms with Crippen molar-refractivity contribution in [1.29, 1.82) is 0 Å². The van der Waals surface area contributed by atoms with Crippen LogP contribution < -0.4 is 15.1 Å². The lowest BCUT2D eigenvalue weighted by molar-refractivity contribution is 0.568. The minimum absolute atomic E-state index is 0.851. The van der Waals surface area contributed by atoms with Crippen LogP contribution in [0.5, 0.6) is 0 Å². The number of anilines is 4. The Bertz CT molecular complexity index is 733. The van der Waals surface area contributed by atoms with Crippen molar-refractivity contribution in [3.63, 3.8) is 0 Å². The van der Waals surface area contributed by atoms with Crippen molar-refractivity contribution in [2.24, 2.45) is 0 Å². The van der Waals surface area contributed by atoms with E-state index in [0.717, 1.165) is 49.3 Å². The molecule has 1 fully saturated rings. The molecule has 140 valence electrons. The van der Waals surface area contributed by atoms with Gasteiger partial charge in [-0.2, -0.15) is 4.98 Å². The zero-order valence-corrected chi connectivity index (χ0v) is 16.5. The first kappa shape index (κ1) is 18.5. The number of hydrogen-bond acceptors (Lipinski definition) is 5. The second-order valence-corrected chi connectivity index (χ2v) is 7.04. The lowest BCUT2D eigenvalue weighted by Gasteiger charge is -2.27. The number of nitrogens with one attached hydrogen (secondary N) is 1. The zero-order valence-electron chi connectivity index (χ0n) is 16.5. The summed E-state index contributed by atoms with van der Waals surface area (Å²) < 4.78 is 0. The molecule has 1 saturated heterocycles. The highest BCUT2D eigenvalue weighted by molar-refractivity contribution is 5.66. The fourth-order valence-corrected chi connectivity index (χ4v) is 3.56. The standard InChI is InChI=1S/C21H31N5/c1-5-25(6-2)18-10-11-19(16(3)14-18)23-20-15-17(4)22-21(24-20)26-12-8-7-9-13-26/h10-11,14-15H,5-9,12-13H2,1-4H3,(H,22,23,24). The summed E-state index contributed by atoms with van der Waals surface area (Å²) in [6, 6.07) is 8.60. The Kier molecular flexibility index (Phi) is 5.96. The molecule has 3 rings (SSSR count). The van der Waals surface area contributed by atoms with Gasteiger partial charge in [0.2, 0.25) is 5.95 Å². The maximum Gasteiger partial charge on any atom is 0.227 e. The highest BCUT2D eigenvalue weighted by Crippen LogP contribution is 2.26. The van der Waals surface area contributed by atoms with Crippen molar-refractivity contribution in [1.82, 2.24) is 9.97 Å². The number of aromatic nitrogens is 2. The second kappa shape index (κ2) is 8.39. The van der Waals surface area contributed by atoms with Crippen LogP contribution in [-0.2, 0) is 0 Å². The summed E-state index contributed by atoms with van der Waals surface area (Å²) in [7, 11) is 0. The summed E-state index contributed by atoms with van der Waals surface area (Å²) in [5, 5.41) is 3.50. The Labute approximate surface area is 157 Å². The summed E-state index contributed by atoms with van der Waals surface area (Å²) in [6.07, 6.45) is 3.77.